The first-order chi connectivity index (χ1) is 15.3. The number of hydrogen-bond donors (Lipinski definition) is 4. The van der Waals surface area contributed by atoms with Crippen LogP contribution in [0, 0.1) is 19.3 Å². The second kappa shape index (κ2) is 10.4. The second-order valence-electron chi connectivity index (χ2n) is 7.80. The van der Waals surface area contributed by atoms with Gasteiger partial charge in [0.1, 0.15) is 5.84 Å². The molecule has 32 heavy (non-hydrogen) atoms. The summed E-state index contributed by atoms with van der Waals surface area (Å²) in [5, 5.41) is 10.3. The summed E-state index contributed by atoms with van der Waals surface area (Å²) in [5.41, 5.74) is 13.6. The summed E-state index contributed by atoms with van der Waals surface area (Å²) in [4.78, 5) is 25.4. The molecule has 0 unspecified atom stereocenters. The van der Waals surface area contributed by atoms with Gasteiger partial charge in [-0.3, -0.25) is 15.0 Å². The molecular weight excluding hydrogens is 402 g/mol. The second-order valence-corrected chi connectivity index (χ2v) is 7.80. The molecule has 1 amide bonds. The number of carbonyl (C=O) groups is 1. The van der Waals surface area contributed by atoms with Crippen LogP contribution in [0.5, 0.6) is 0 Å². The van der Waals surface area contributed by atoms with Crippen LogP contribution in [-0.4, -0.2) is 23.0 Å². The molecule has 1 aromatic heterocycles. The fourth-order valence-corrected chi connectivity index (χ4v) is 3.44. The monoisotopic (exact) mass is 431 g/mol. The summed E-state index contributed by atoms with van der Waals surface area (Å²) in [6.07, 6.45) is 2.51. The summed E-state index contributed by atoms with van der Waals surface area (Å²) in [5.74, 6) is -0.220. The van der Waals surface area contributed by atoms with Crippen LogP contribution in [0.25, 0.3) is 0 Å². The molecule has 0 spiro atoms. The molecule has 0 bridgehead atoms. The Bertz CT molecular complexity index is 1170. The Morgan fingerprint density at radius 3 is 2.44 bits per heavy atom. The van der Waals surface area contributed by atoms with Crippen LogP contribution in [0.2, 0.25) is 0 Å². The average molecular weight is 432 g/mol. The molecule has 0 aliphatic carbocycles. The van der Waals surface area contributed by atoms with Crippen LogP contribution in [0.4, 0.5) is 0 Å². The quantitative estimate of drug-likeness (QED) is 0.308. The van der Waals surface area contributed by atoms with E-state index in [0.29, 0.717) is 24.2 Å². The number of carbonyl (C=O) groups excluding carboxylic acids is 1. The summed E-state index contributed by atoms with van der Waals surface area (Å²) < 4.78 is 1.45. The number of pyridine rings is 1. The van der Waals surface area contributed by atoms with Crippen molar-refractivity contribution in [3.05, 3.63) is 105 Å². The van der Waals surface area contributed by atoms with Crippen molar-refractivity contribution < 1.29 is 4.79 Å². The van der Waals surface area contributed by atoms with Gasteiger partial charge in [-0.1, -0.05) is 48.5 Å². The third kappa shape index (κ3) is 5.85. The molecule has 0 atom stereocenters. The van der Waals surface area contributed by atoms with E-state index in [-0.39, 0.29) is 23.7 Å². The topological polar surface area (TPSA) is 113 Å². The molecule has 3 aromatic rings. The number of nitrogens with one attached hydrogen (secondary N) is 3. The smallest absolute Gasteiger partial charge is 0.272 e. The number of nitrogens with zero attached hydrogens (tertiary/aromatic N) is 1. The highest BCUT2D eigenvalue weighted by Crippen LogP contribution is 2.08. The van der Waals surface area contributed by atoms with Gasteiger partial charge in [0.25, 0.3) is 5.56 Å². The average Bonchev–Trinajstić information content (AvgIpc) is 2.78. The van der Waals surface area contributed by atoms with E-state index >= 15 is 0 Å². The standard InChI is InChI=1S/C25H29N5O2/c1-17-5-3-4-6-20(17)11-13-29-30-14-12-18(2)22(25(30)32)15-23(31)28-16-19-7-9-21(10-8-19)24(26)27/h3-10,12,14,29H,11,13,15-16H2,1-2H3,(H3,26,27)(H,28,31). The molecule has 7 heteroatoms. The molecular formula is C25H29N5O2. The van der Waals surface area contributed by atoms with E-state index in [1.54, 1.807) is 18.3 Å². The van der Waals surface area contributed by atoms with Crippen molar-refractivity contribution in [3.8, 4) is 0 Å². The SMILES string of the molecule is Cc1ccccc1CCNn1ccc(C)c(CC(=O)NCc2ccc(C(=N)N)cc2)c1=O. The fourth-order valence-electron chi connectivity index (χ4n) is 3.44. The summed E-state index contributed by atoms with van der Waals surface area (Å²) >= 11 is 0. The lowest BCUT2D eigenvalue weighted by atomic mass is 10.1. The van der Waals surface area contributed by atoms with Crippen LogP contribution in [0.15, 0.2) is 65.6 Å². The zero-order valence-corrected chi connectivity index (χ0v) is 18.4. The van der Waals surface area contributed by atoms with Gasteiger partial charge in [0.15, 0.2) is 0 Å². The molecule has 3 rings (SSSR count). The number of amides is 1. The van der Waals surface area contributed by atoms with Gasteiger partial charge in [-0.15, -0.1) is 0 Å². The predicted molar refractivity (Wildman–Crippen MR) is 128 cm³/mol. The van der Waals surface area contributed by atoms with Crippen molar-refractivity contribution in [2.75, 3.05) is 12.0 Å². The van der Waals surface area contributed by atoms with Gasteiger partial charge in [-0.25, -0.2) is 4.68 Å². The van der Waals surface area contributed by atoms with Gasteiger partial charge in [-0.05, 0) is 48.6 Å². The lowest BCUT2D eigenvalue weighted by Gasteiger charge is -2.14. The highest BCUT2D eigenvalue weighted by Gasteiger charge is 2.12. The molecule has 2 aromatic carbocycles. The maximum atomic E-state index is 12.9. The van der Waals surface area contributed by atoms with Gasteiger partial charge in [-0.2, -0.15) is 0 Å². The van der Waals surface area contributed by atoms with E-state index in [1.807, 2.05) is 37.3 Å². The summed E-state index contributed by atoms with van der Waals surface area (Å²) in [6, 6.07) is 17.1. The Kier molecular flexibility index (Phi) is 7.44. The van der Waals surface area contributed by atoms with Gasteiger partial charge < -0.3 is 16.5 Å². The third-order valence-corrected chi connectivity index (χ3v) is 5.46. The molecule has 0 radical (unpaired) electrons. The van der Waals surface area contributed by atoms with Gasteiger partial charge in [0.2, 0.25) is 5.91 Å². The van der Waals surface area contributed by atoms with Crippen molar-refractivity contribution in [2.45, 2.75) is 33.2 Å². The lowest BCUT2D eigenvalue weighted by Crippen LogP contribution is -2.35. The van der Waals surface area contributed by atoms with Gasteiger partial charge >= 0.3 is 0 Å². The maximum absolute atomic E-state index is 12.9. The number of nitrogen functional groups attached to an aromatic ring is 1. The zero-order valence-electron chi connectivity index (χ0n) is 18.4. The van der Waals surface area contributed by atoms with E-state index in [1.165, 1.54) is 15.8 Å². The number of aromatic nitrogens is 1. The molecule has 5 N–H and O–H groups in total. The number of hydrogen-bond acceptors (Lipinski definition) is 4. The molecule has 0 saturated carbocycles. The van der Waals surface area contributed by atoms with Crippen LogP contribution < -0.4 is 22.0 Å². The Labute approximate surface area is 187 Å². The summed E-state index contributed by atoms with van der Waals surface area (Å²) in [7, 11) is 0. The predicted octanol–water partition coefficient (Wildman–Crippen LogP) is 2.39. The number of rotatable bonds is 9. The highest BCUT2D eigenvalue weighted by atomic mass is 16.2. The molecule has 7 nitrogen and oxygen atoms in total. The Balaban J connectivity index is 1.59. The Morgan fingerprint density at radius 1 is 1.03 bits per heavy atom. The van der Waals surface area contributed by atoms with Crippen LogP contribution in [-0.2, 0) is 24.2 Å². The van der Waals surface area contributed by atoms with E-state index in [9.17, 15) is 9.59 Å². The molecule has 166 valence electrons. The van der Waals surface area contributed by atoms with Crippen molar-refractivity contribution in [1.82, 2.24) is 9.99 Å². The minimum absolute atomic E-state index is 0.00364. The molecule has 0 saturated heterocycles. The number of aryl methyl sites for hydroxylation is 2. The minimum atomic E-state index is -0.224. The van der Waals surface area contributed by atoms with Crippen LogP contribution in [0.3, 0.4) is 0 Å². The first-order valence-electron chi connectivity index (χ1n) is 10.5. The van der Waals surface area contributed by atoms with Crippen molar-refractivity contribution in [1.29, 1.82) is 5.41 Å². The molecule has 0 aliphatic rings. The van der Waals surface area contributed by atoms with Crippen LogP contribution >= 0.6 is 0 Å². The van der Waals surface area contributed by atoms with E-state index in [4.69, 9.17) is 11.1 Å². The van der Waals surface area contributed by atoms with Gasteiger partial charge in [0, 0.05) is 30.4 Å². The molecule has 0 aliphatic heterocycles. The van der Waals surface area contributed by atoms with E-state index < -0.39 is 0 Å². The van der Waals surface area contributed by atoms with Crippen molar-refractivity contribution in [3.63, 3.8) is 0 Å². The van der Waals surface area contributed by atoms with Crippen molar-refractivity contribution >= 4 is 11.7 Å². The van der Waals surface area contributed by atoms with Gasteiger partial charge in [0.05, 0.1) is 6.42 Å². The number of nitrogens with two attached hydrogens (primary N) is 1. The first-order valence-corrected chi connectivity index (χ1v) is 10.5. The first kappa shape index (κ1) is 22.8. The molecule has 0 fully saturated rings. The Hall–Kier alpha value is -3.87. The highest BCUT2D eigenvalue weighted by molar-refractivity contribution is 5.94. The van der Waals surface area contributed by atoms with Crippen molar-refractivity contribution in [2.24, 2.45) is 5.73 Å². The normalized spacial score (nSPS) is 10.6. The van der Waals surface area contributed by atoms with E-state index in [0.717, 1.165) is 17.5 Å². The minimum Gasteiger partial charge on any atom is -0.384 e. The van der Waals surface area contributed by atoms with E-state index in [2.05, 4.69) is 29.8 Å². The Morgan fingerprint density at radius 2 is 1.75 bits per heavy atom. The zero-order chi connectivity index (χ0) is 23.1. The maximum Gasteiger partial charge on any atom is 0.272 e. The number of amidine groups is 1. The molecule has 1 heterocycles. The fraction of sp³-hybridized carbons (Fsp3) is 0.240. The summed E-state index contributed by atoms with van der Waals surface area (Å²) in [6.45, 7) is 4.85. The lowest BCUT2D eigenvalue weighted by molar-refractivity contribution is -0.120. The number of benzene rings is 2. The third-order valence-electron chi connectivity index (χ3n) is 5.46. The largest absolute Gasteiger partial charge is 0.384 e. The van der Waals surface area contributed by atoms with Crippen LogP contribution in [0.1, 0.15) is 33.4 Å².